The Bertz CT molecular complexity index is 584. The molecule has 0 aliphatic rings. The van der Waals surface area contributed by atoms with Gasteiger partial charge in [-0.25, -0.2) is 9.97 Å². The third kappa shape index (κ3) is 2.64. The van der Waals surface area contributed by atoms with Crippen molar-refractivity contribution in [2.45, 2.75) is 19.3 Å². The molecular weight excluding hydrogens is 320 g/mol. The van der Waals surface area contributed by atoms with Gasteiger partial charge >= 0.3 is 0 Å². The van der Waals surface area contributed by atoms with Crippen molar-refractivity contribution in [3.8, 4) is 0 Å². The molecule has 2 rings (SSSR count). The predicted molar refractivity (Wildman–Crippen MR) is 73.5 cm³/mol. The predicted octanol–water partition coefficient (Wildman–Crippen LogP) is 2.07. The van der Waals surface area contributed by atoms with Gasteiger partial charge < -0.3 is 9.88 Å². The summed E-state index contributed by atoms with van der Waals surface area (Å²) in [5.41, 5.74) is 1.39. The molecule has 0 unspecified atom stereocenters. The second-order valence-corrected chi connectivity index (χ2v) is 4.88. The molecule has 0 radical (unpaired) electrons. The number of carbonyl (C=O) groups is 1. The van der Waals surface area contributed by atoms with Gasteiger partial charge in [-0.2, -0.15) is 0 Å². The standard InChI is InChI=1S/C11H12BrClN4O/c1-2-14-10(18)6-17-9(4-13)16-8-3-7(12)5-15-11(8)17/h3,5H,2,4,6H2,1H3,(H,14,18). The van der Waals surface area contributed by atoms with E-state index in [0.717, 1.165) is 9.99 Å². The number of halogens is 2. The molecule has 0 saturated heterocycles. The van der Waals surface area contributed by atoms with Crippen LogP contribution in [-0.4, -0.2) is 27.0 Å². The molecule has 0 aliphatic carbocycles. The van der Waals surface area contributed by atoms with Crippen molar-refractivity contribution in [2.24, 2.45) is 0 Å². The summed E-state index contributed by atoms with van der Waals surface area (Å²) in [4.78, 5) is 20.3. The van der Waals surface area contributed by atoms with Crippen molar-refractivity contribution in [3.05, 3.63) is 22.6 Å². The SMILES string of the molecule is CCNC(=O)Cn1c(CCl)nc2cc(Br)cnc21. The quantitative estimate of drug-likeness (QED) is 0.873. The number of rotatable bonds is 4. The highest BCUT2D eigenvalue weighted by atomic mass is 79.9. The number of pyridine rings is 1. The van der Waals surface area contributed by atoms with E-state index in [1.807, 2.05) is 13.0 Å². The molecule has 18 heavy (non-hydrogen) atoms. The maximum atomic E-state index is 11.6. The minimum absolute atomic E-state index is 0.0760. The molecule has 0 spiro atoms. The van der Waals surface area contributed by atoms with E-state index in [2.05, 4.69) is 31.2 Å². The highest BCUT2D eigenvalue weighted by Crippen LogP contribution is 2.19. The molecule has 5 nitrogen and oxygen atoms in total. The summed E-state index contributed by atoms with van der Waals surface area (Å²) in [5, 5.41) is 2.74. The van der Waals surface area contributed by atoms with E-state index in [4.69, 9.17) is 11.6 Å². The Kier molecular flexibility index (Phi) is 4.19. The molecule has 0 fully saturated rings. The lowest BCUT2D eigenvalue weighted by Gasteiger charge is -2.06. The first-order chi connectivity index (χ1) is 8.65. The Morgan fingerprint density at radius 1 is 1.61 bits per heavy atom. The zero-order valence-corrected chi connectivity index (χ0v) is 12.1. The number of fused-ring (bicyclic) bond motifs is 1. The molecule has 96 valence electrons. The molecule has 0 aromatic carbocycles. The molecule has 2 aromatic rings. The number of hydrogen-bond donors (Lipinski definition) is 1. The highest BCUT2D eigenvalue weighted by molar-refractivity contribution is 9.10. The number of alkyl halides is 1. The van der Waals surface area contributed by atoms with Crippen molar-refractivity contribution < 1.29 is 4.79 Å². The van der Waals surface area contributed by atoms with E-state index in [0.29, 0.717) is 18.0 Å². The molecule has 0 atom stereocenters. The van der Waals surface area contributed by atoms with Crippen LogP contribution in [0.4, 0.5) is 0 Å². The van der Waals surface area contributed by atoms with E-state index in [1.54, 1.807) is 10.8 Å². The summed E-state index contributed by atoms with van der Waals surface area (Å²) < 4.78 is 2.58. The Balaban J connectivity index is 2.43. The first-order valence-corrected chi connectivity index (χ1v) is 6.81. The number of aromatic nitrogens is 3. The van der Waals surface area contributed by atoms with Crippen molar-refractivity contribution >= 4 is 44.6 Å². The number of amides is 1. The van der Waals surface area contributed by atoms with Crippen LogP contribution in [0.5, 0.6) is 0 Å². The van der Waals surface area contributed by atoms with Crippen molar-refractivity contribution in [1.29, 1.82) is 0 Å². The summed E-state index contributed by atoms with van der Waals surface area (Å²) >= 11 is 9.19. The van der Waals surface area contributed by atoms with Gasteiger partial charge in [0.25, 0.3) is 0 Å². The smallest absolute Gasteiger partial charge is 0.240 e. The third-order valence-corrected chi connectivity index (χ3v) is 3.10. The second kappa shape index (κ2) is 5.67. The lowest BCUT2D eigenvalue weighted by atomic mass is 10.4. The summed E-state index contributed by atoms with van der Waals surface area (Å²) in [6.45, 7) is 2.66. The Morgan fingerprint density at radius 3 is 3.06 bits per heavy atom. The monoisotopic (exact) mass is 330 g/mol. The van der Waals surface area contributed by atoms with Gasteiger partial charge in [0, 0.05) is 17.2 Å². The second-order valence-electron chi connectivity index (χ2n) is 3.70. The fourth-order valence-electron chi connectivity index (χ4n) is 1.70. The van der Waals surface area contributed by atoms with Crippen LogP contribution in [0.25, 0.3) is 11.2 Å². The Hall–Kier alpha value is -1.14. The van der Waals surface area contributed by atoms with Crippen LogP contribution in [0, 0.1) is 0 Å². The summed E-state index contributed by atoms with van der Waals surface area (Å²) in [5.74, 6) is 0.810. The zero-order valence-electron chi connectivity index (χ0n) is 9.78. The molecule has 7 heteroatoms. The van der Waals surface area contributed by atoms with Crippen LogP contribution < -0.4 is 5.32 Å². The van der Waals surface area contributed by atoms with E-state index >= 15 is 0 Å². The third-order valence-electron chi connectivity index (χ3n) is 2.43. The fourth-order valence-corrected chi connectivity index (χ4v) is 2.22. The fraction of sp³-hybridized carbons (Fsp3) is 0.364. The molecular formula is C11H12BrClN4O. The topological polar surface area (TPSA) is 59.8 Å². The van der Waals surface area contributed by atoms with E-state index in [-0.39, 0.29) is 18.3 Å². The largest absolute Gasteiger partial charge is 0.355 e. The van der Waals surface area contributed by atoms with Gasteiger partial charge in [0.2, 0.25) is 5.91 Å². The summed E-state index contributed by atoms with van der Waals surface area (Å²) in [6, 6.07) is 1.85. The van der Waals surface area contributed by atoms with Crippen molar-refractivity contribution in [1.82, 2.24) is 19.9 Å². The Labute approximate surface area is 118 Å². The molecule has 0 aliphatic heterocycles. The van der Waals surface area contributed by atoms with Gasteiger partial charge in [0.15, 0.2) is 5.65 Å². The number of carbonyl (C=O) groups excluding carboxylic acids is 1. The number of likely N-dealkylation sites (N-methyl/N-ethyl adjacent to an activating group) is 1. The highest BCUT2D eigenvalue weighted by Gasteiger charge is 2.13. The Morgan fingerprint density at radius 2 is 2.39 bits per heavy atom. The van der Waals surface area contributed by atoms with Crippen molar-refractivity contribution in [2.75, 3.05) is 6.54 Å². The van der Waals surface area contributed by atoms with E-state index < -0.39 is 0 Å². The van der Waals surface area contributed by atoms with Crippen LogP contribution in [0.2, 0.25) is 0 Å². The van der Waals surface area contributed by atoms with E-state index in [1.165, 1.54) is 0 Å². The number of nitrogens with zero attached hydrogens (tertiary/aromatic N) is 3. The minimum atomic E-state index is -0.0760. The summed E-state index contributed by atoms with van der Waals surface area (Å²) in [7, 11) is 0. The van der Waals surface area contributed by atoms with Gasteiger partial charge in [0.05, 0.1) is 5.88 Å². The van der Waals surface area contributed by atoms with E-state index in [9.17, 15) is 4.79 Å². The first-order valence-electron chi connectivity index (χ1n) is 5.49. The van der Waals surface area contributed by atoms with Crippen LogP contribution in [0.15, 0.2) is 16.7 Å². The normalized spacial score (nSPS) is 10.8. The molecule has 0 bridgehead atoms. The first kappa shape index (κ1) is 13.3. The number of imidazole rings is 1. The maximum absolute atomic E-state index is 11.6. The molecule has 0 saturated carbocycles. The van der Waals surface area contributed by atoms with Gasteiger partial charge in [0.1, 0.15) is 17.9 Å². The zero-order chi connectivity index (χ0) is 13.1. The van der Waals surface area contributed by atoms with Gasteiger partial charge in [-0.3, -0.25) is 4.79 Å². The molecule has 1 amide bonds. The minimum Gasteiger partial charge on any atom is -0.355 e. The number of hydrogen-bond acceptors (Lipinski definition) is 3. The molecule has 1 N–H and O–H groups in total. The van der Waals surface area contributed by atoms with Crippen LogP contribution in [0.3, 0.4) is 0 Å². The maximum Gasteiger partial charge on any atom is 0.240 e. The lowest BCUT2D eigenvalue weighted by molar-refractivity contribution is -0.121. The van der Waals surface area contributed by atoms with Crippen LogP contribution in [-0.2, 0) is 17.2 Å². The van der Waals surface area contributed by atoms with Crippen LogP contribution >= 0.6 is 27.5 Å². The van der Waals surface area contributed by atoms with Gasteiger partial charge in [-0.05, 0) is 28.9 Å². The average Bonchev–Trinajstić information content (AvgIpc) is 2.66. The number of nitrogens with one attached hydrogen (secondary N) is 1. The summed E-state index contributed by atoms with van der Waals surface area (Å²) in [6.07, 6.45) is 1.68. The lowest BCUT2D eigenvalue weighted by Crippen LogP contribution is -2.27. The van der Waals surface area contributed by atoms with Gasteiger partial charge in [-0.1, -0.05) is 0 Å². The van der Waals surface area contributed by atoms with Crippen molar-refractivity contribution in [3.63, 3.8) is 0 Å². The van der Waals surface area contributed by atoms with Crippen LogP contribution in [0.1, 0.15) is 12.7 Å². The van der Waals surface area contributed by atoms with Gasteiger partial charge in [-0.15, -0.1) is 11.6 Å². The molecule has 2 aromatic heterocycles. The molecule has 2 heterocycles. The average molecular weight is 332 g/mol.